The maximum absolute atomic E-state index is 12.0. The third-order valence-electron chi connectivity index (χ3n) is 7.10. The van der Waals surface area contributed by atoms with Crippen molar-refractivity contribution in [2.45, 2.75) is 38.1 Å². The lowest BCUT2D eigenvalue weighted by atomic mass is 9.87. The second-order valence-corrected chi connectivity index (χ2v) is 9.82. The van der Waals surface area contributed by atoms with Gasteiger partial charge in [0.1, 0.15) is 6.61 Å². The number of esters is 1. The number of nitrogens with one attached hydrogen (secondary N) is 1. The zero-order valence-electron chi connectivity index (χ0n) is 21.7. The molecule has 1 aliphatic heterocycles. The van der Waals surface area contributed by atoms with Gasteiger partial charge in [0, 0.05) is 18.9 Å². The van der Waals surface area contributed by atoms with Crippen LogP contribution in [0.4, 0.5) is 0 Å². The van der Waals surface area contributed by atoms with E-state index >= 15 is 0 Å². The van der Waals surface area contributed by atoms with Gasteiger partial charge in [-0.1, -0.05) is 91.0 Å². The molecule has 0 bridgehead atoms. The largest absolute Gasteiger partial charge is 0.464 e. The Labute approximate surface area is 224 Å². The predicted octanol–water partition coefficient (Wildman–Crippen LogP) is 5.80. The molecule has 0 radical (unpaired) electrons. The molecular weight excluding hydrogens is 474 g/mol. The van der Waals surface area contributed by atoms with E-state index in [1.54, 1.807) is 0 Å². The van der Waals surface area contributed by atoms with Gasteiger partial charge in [0.15, 0.2) is 0 Å². The summed E-state index contributed by atoms with van der Waals surface area (Å²) in [6, 6.07) is 33.4. The van der Waals surface area contributed by atoms with Crippen LogP contribution in [-0.4, -0.2) is 38.4 Å². The topological polar surface area (TPSA) is 56.8 Å². The minimum atomic E-state index is -0.335. The molecule has 5 heteroatoms. The van der Waals surface area contributed by atoms with E-state index in [9.17, 15) is 4.79 Å². The highest BCUT2D eigenvalue weighted by atomic mass is 16.6. The van der Waals surface area contributed by atoms with Gasteiger partial charge in [0.05, 0.1) is 25.9 Å². The number of hydrogen-bond donors (Lipinski definition) is 1. The molecule has 196 valence electrons. The van der Waals surface area contributed by atoms with Gasteiger partial charge < -0.3 is 19.5 Å². The number of piperidine rings is 1. The molecule has 38 heavy (non-hydrogen) atoms. The first kappa shape index (κ1) is 26.1. The summed E-state index contributed by atoms with van der Waals surface area (Å²) in [7, 11) is 0. The molecular formula is C33H35NO4. The summed E-state index contributed by atoms with van der Waals surface area (Å²) in [5.74, 6) is 0.0176. The number of benzene rings is 4. The van der Waals surface area contributed by atoms with Gasteiger partial charge in [0.25, 0.3) is 0 Å². The molecule has 1 heterocycles. The maximum Gasteiger partial charge on any atom is 0.332 e. The molecule has 4 aromatic rings. The maximum atomic E-state index is 12.0. The van der Waals surface area contributed by atoms with Crippen molar-refractivity contribution in [2.24, 2.45) is 0 Å². The number of carbonyl (C=O) groups excluding carboxylic acids is 1. The molecule has 1 fully saturated rings. The van der Waals surface area contributed by atoms with E-state index in [1.807, 2.05) is 30.3 Å². The SMILES string of the molecule is O=C(COCc1ccccc1)OCCc1ccc(C2CCNCC2OCc2ccc3ccccc3c2)cc1. The summed E-state index contributed by atoms with van der Waals surface area (Å²) in [6.45, 7) is 3.15. The zero-order chi connectivity index (χ0) is 26.0. The van der Waals surface area contributed by atoms with Crippen LogP contribution in [0.25, 0.3) is 10.8 Å². The Bertz CT molecular complexity index is 1310. The van der Waals surface area contributed by atoms with E-state index in [2.05, 4.69) is 72.0 Å². The molecule has 0 aliphatic carbocycles. The second-order valence-electron chi connectivity index (χ2n) is 9.82. The normalized spacial score (nSPS) is 17.4. The van der Waals surface area contributed by atoms with E-state index in [0.717, 1.165) is 30.6 Å². The van der Waals surface area contributed by atoms with Crippen LogP contribution in [0.3, 0.4) is 0 Å². The van der Waals surface area contributed by atoms with Crippen molar-refractivity contribution in [3.63, 3.8) is 0 Å². The lowest BCUT2D eigenvalue weighted by Crippen LogP contribution is -2.40. The Kier molecular flexibility index (Phi) is 9.16. The average molecular weight is 510 g/mol. The van der Waals surface area contributed by atoms with Gasteiger partial charge in [-0.25, -0.2) is 4.79 Å². The van der Waals surface area contributed by atoms with Crippen molar-refractivity contribution in [1.82, 2.24) is 5.32 Å². The van der Waals surface area contributed by atoms with Crippen LogP contribution in [0.15, 0.2) is 97.1 Å². The minimum Gasteiger partial charge on any atom is -0.464 e. The fourth-order valence-corrected chi connectivity index (χ4v) is 5.00. The Morgan fingerprint density at radius 1 is 0.789 bits per heavy atom. The lowest BCUT2D eigenvalue weighted by molar-refractivity contribution is -0.149. The van der Waals surface area contributed by atoms with Crippen molar-refractivity contribution in [3.8, 4) is 0 Å². The van der Waals surface area contributed by atoms with Gasteiger partial charge in [-0.3, -0.25) is 0 Å². The molecule has 0 spiro atoms. The van der Waals surface area contributed by atoms with Gasteiger partial charge in [-0.15, -0.1) is 0 Å². The molecule has 0 amide bonds. The van der Waals surface area contributed by atoms with Crippen molar-refractivity contribution in [3.05, 3.63) is 119 Å². The highest BCUT2D eigenvalue weighted by Crippen LogP contribution is 2.29. The smallest absolute Gasteiger partial charge is 0.332 e. The quantitative estimate of drug-likeness (QED) is 0.259. The second kappa shape index (κ2) is 13.3. The summed E-state index contributed by atoms with van der Waals surface area (Å²) in [6.07, 6.45) is 1.85. The fraction of sp³-hybridized carbons (Fsp3) is 0.303. The third kappa shape index (κ3) is 7.29. The first-order valence-electron chi connectivity index (χ1n) is 13.4. The summed E-state index contributed by atoms with van der Waals surface area (Å²) >= 11 is 0. The summed E-state index contributed by atoms with van der Waals surface area (Å²) in [5.41, 5.74) is 4.68. The number of rotatable bonds is 11. The van der Waals surface area contributed by atoms with Gasteiger partial charge in [-0.2, -0.15) is 0 Å². The molecule has 1 saturated heterocycles. The van der Waals surface area contributed by atoms with Crippen LogP contribution < -0.4 is 5.32 Å². The molecule has 1 N–H and O–H groups in total. The number of hydrogen-bond acceptors (Lipinski definition) is 5. The lowest BCUT2D eigenvalue weighted by Gasteiger charge is -2.32. The number of ether oxygens (including phenoxy) is 3. The third-order valence-corrected chi connectivity index (χ3v) is 7.10. The average Bonchev–Trinajstić information content (AvgIpc) is 2.97. The van der Waals surface area contributed by atoms with Crippen molar-refractivity contribution < 1.29 is 19.0 Å². The Balaban J connectivity index is 1.08. The Hall–Kier alpha value is -3.51. The van der Waals surface area contributed by atoms with Gasteiger partial charge in [0.2, 0.25) is 0 Å². The minimum absolute atomic E-state index is 0.0376. The van der Waals surface area contributed by atoms with Crippen molar-refractivity contribution >= 4 is 16.7 Å². The molecule has 4 aromatic carbocycles. The van der Waals surface area contributed by atoms with E-state index < -0.39 is 0 Å². The van der Waals surface area contributed by atoms with E-state index in [1.165, 1.54) is 21.9 Å². The van der Waals surface area contributed by atoms with Crippen LogP contribution >= 0.6 is 0 Å². The molecule has 2 unspecified atom stereocenters. The summed E-state index contributed by atoms with van der Waals surface area (Å²) in [4.78, 5) is 12.0. The molecule has 2 atom stereocenters. The Morgan fingerprint density at radius 2 is 1.55 bits per heavy atom. The molecule has 0 aromatic heterocycles. The van der Waals surface area contributed by atoms with Crippen LogP contribution in [0.2, 0.25) is 0 Å². The number of carbonyl (C=O) groups is 1. The van der Waals surface area contributed by atoms with Crippen molar-refractivity contribution in [2.75, 3.05) is 26.3 Å². The summed E-state index contributed by atoms with van der Waals surface area (Å²) in [5, 5.41) is 5.98. The van der Waals surface area contributed by atoms with E-state index in [0.29, 0.717) is 32.2 Å². The fourth-order valence-electron chi connectivity index (χ4n) is 5.00. The first-order chi connectivity index (χ1) is 18.7. The zero-order valence-corrected chi connectivity index (χ0v) is 21.7. The van der Waals surface area contributed by atoms with Gasteiger partial charge in [-0.05, 0) is 52.1 Å². The van der Waals surface area contributed by atoms with E-state index in [-0.39, 0.29) is 18.7 Å². The van der Waals surface area contributed by atoms with Crippen molar-refractivity contribution in [1.29, 1.82) is 0 Å². The van der Waals surface area contributed by atoms with Gasteiger partial charge >= 0.3 is 5.97 Å². The molecule has 1 aliphatic rings. The van der Waals surface area contributed by atoms with Crippen LogP contribution in [-0.2, 0) is 38.6 Å². The molecule has 5 rings (SSSR count). The molecule has 0 saturated carbocycles. The first-order valence-corrected chi connectivity index (χ1v) is 13.4. The highest BCUT2D eigenvalue weighted by molar-refractivity contribution is 5.82. The Morgan fingerprint density at radius 3 is 2.39 bits per heavy atom. The van der Waals surface area contributed by atoms with Crippen LogP contribution in [0, 0.1) is 0 Å². The summed E-state index contributed by atoms with van der Waals surface area (Å²) < 4.78 is 17.2. The highest BCUT2D eigenvalue weighted by Gasteiger charge is 2.27. The molecule has 5 nitrogen and oxygen atoms in total. The van der Waals surface area contributed by atoms with Crippen LogP contribution in [0.1, 0.15) is 34.6 Å². The standard InChI is InChI=1S/C33H35NO4/c35-33(24-36-22-26-6-2-1-3-7-26)37-19-17-25-10-14-29(15-11-25)31-16-18-34-21-32(31)38-23-27-12-13-28-8-4-5-9-30(28)20-27/h1-15,20,31-32,34H,16-19,21-24H2. The van der Waals surface area contributed by atoms with E-state index in [4.69, 9.17) is 14.2 Å². The monoisotopic (exact) mass is 509 g/mol. The number of fused-ring (bicyclic) bond motifs is 1. The van der Waals surface area contributed by atoms with Crippen LogP contribution in [0.5, 0.6) is 0 Å². The predicted molar refractivity (Wildman–Crippen MR) is 150 cm³/mol.